The van der Waals surface area contributed by atoms with Crippen molar-refractivity contribution in [2.45, 2.75) is 38.9 Å². The summed E-state index contributed by atoms with van der Waals surface area (Å²) < 4.78 is 5.97. The number of benzene rings is 1. The van der Waals surface area contributed by atoms with Gasteiger partial charge in [-0.25, -0.2) is 4.79 Å². The Morgan fingerprint density at radius 3 is 2.78 bits per heavy atom. The van der Waals surface area contributed by atoms with Crippen molar-refractivity contribution in [2.75, 3.05) is 26.7 Å². The molecule has 0 spiro atoms. The summed E-state index contributed by atoms with van der Waals surface area (Å²) in [6, 6.07) is 8.26. The lowest BCUT2D eigenvalue weighted by Gasteiger charge is -2.33. The zero-order valence-corrected chi connectivity index (χ0v) is 14.3. The molecular weight excluding hydrogens is 292 g/mol. The van der Waals surface area contributed by atoms with Gasteiger partial charge < -0.3 is 20.1 Å². The molecule has 1 fully saturated rings. The van der Waals surface area contributed by atoms with E-state index < -0.39 is 6.10 Å². The Kier molecular flexibility index (Phi) is 6.42. The molecule has 5 nitrogen and oxygen atoms in total. The minimum atomic E-state index is -0.524. The minimum absolute atomic E-state index is 0.0340. The summed E-state index contributed by atoms with van der Waals surface area (Å²) in [5, 5.41) is 12.3. The van der Waals surface area contributed by atoms with E-state index in [0.29, 0.717) is 13.1 Å². The lowest BCUT2D eigenvalue weighted by atomic mass is 9.89. The van der Waals surface area contributed by atoms with Crippen LogP contribution in [0.5, 0.6) is 0 Å². The van der Waals surface area contributed by atoms with Crippen LogP contribution < -0.4 is 5.32 Å². The second-order valence-electron chi connectivity index (χ2n) is 6.52. The Bertz CT molecular complexity index is 501. The Morgan fingerprint density at radius 2 is 2.13 bits per heavy atom. The van der Waals surface area contributed by atoms with Crippen LogP contribution in [-0.4, -0.2) is 48.9 Å². The van der Waals surface area contributed by atoms with Crippen molar-refractivity contribution >= 4 is 6.03 Å². The zero-order valence-electron chi connectivity index (χ0n) is 14.3. The molecule has 3 unspecified atom stereocenters. The molecule has 1 saturated heterocycles. The number of carbonyl (C=O) groups excluding carboxylic acids is 1. The van der Waals surface area contributed by atoms with Crippen LogP contribution in [0.3, 0.4) is 0 Å². The standard InChI is InChI=1S/C18H28N2O3/c1-13-6-8-15(9-7-13)17-16(5-4-10-23-17)11-19-18(22)20(3)12-14(2)21/h6-9,14,16-17,21H,4-5,10-12H2,1-3H3,(H,19,22). The summed E-state index contributed by atoms with van der Waals surface area (Å²) in [7, 11) is 1.69. The van der Waals surface area contributed by atoms with Crippen molar-refractivity contribution in [3.63, 3.8) is 0 Å². The highest BCUT2D eigenvalue weighted by atomic mass is 16.5. The molecule has 0 aliphatic carbocycles. The van der Waals surface area contributed by atoms with Crippen molar-refractivity contribution in [3.05, 3.63) is 35.4 Å². The number of rotatable bonds is 5. The van der Waals surface area contributed by atoms with E-state index in [4.69, 9.17) is 4.74 Å². The molecule has 5 heteroatoms. The second kappa shape index (κ2) is 8.31. The van der Waals surface area contributed by atoms with Crippen molar-refractivity contribution in [1.29, 1.82) is 0 Å². The lowest BCUT2D eigenvalue weighted by molar-refractivity contribution is -0.0271. The lowest BCUT2D eigenvalue weighted by Crippen LogP contribution is -2.43. The first kappa shape index (κ1) is 17.8. The van der Waals surface area contributed by atoms with Gasteiger partial charge in [0.15, 0.2) is 0 Å². The Balaban J connectivity index is 1.93. The van der Waals surface area contributed by atoms with E-state index in [1.807, 2.05) is 0 Å². The van der Waals surface area contributed by atoms with E-state index >= 15 is 0 Å². The third-order valence-electron chi connectivity index (χ3n) is 4.25. The number of aryl methyl sites for hydroxylation is 1. The third-order valence-corrected chi connectivity index (χ3v) is 4.25. The normalized spacial score (nSPS) is 22.4. The van der Waals surface area contributed by atoms with Crippen LogP contribution >= 0.6 is 0 Å². The first-order valence-electron chi connectivity index (χ1n) is 8.32. The summed E-state index contributed by atoms with van der Waals surface area (Å²) in [5.74, 6) is 0.273. The highest BCUT2D eigenvalue weighted by Crippen LogP contribution is 2.33. The summed E-state index contributed by atoms with van der Waals surface area (Å²) in [4.78, 5) is 13.6. The number of aliphatic hydroxyl groups excluding tert-OH is 1. The molecular formula is C18H28N2O3. The van der Waals surface area contributed by atoms with Gasteiger partial charge in [0.05, 0.1) is 12.2 Å². The molecule has 2 amide bonds. The molecule has 0 radical (unpaired) electrons. The van der Waals surface area contributed by atoms with Crippen molar-refractivity contribution in [2.24, 2.45) is 5.92 Å². The average molecular weight is 320 g/mol. The van der Waals surface area contributed by atoms with E-state index in [-0.39, 0.29) is 18.1 Å². The van der Waals surface area contributed by atoms with Gasteiger partial charge >= 0.3 is 6.03 Å². The van der Waals surface area contributed by atoms with Gasteiger partial charge in [-0.05, 0) is 32.3 Å². The fourth-order valence-electron chi connectivity index (χ4n) is 3.01. The monoisotopic (exact) mass is 320 g/mol. The predicted octanol–water partition coefficient (Wildman–Crippen LogP) is 2.48. The quantitative estimate of drug-likeness (QED) is 0.876. The van der Waals surface area contributed by atoms with E-state index in [9.17, 15) is 9.90 Å². The number of nitrogens with one attached hydrogen (secondary N) is 1. The minimum Gasteiger partial charge on any atom is -0.392 e. The molecule has 1 aromatic rings. The van der Waals surface area contributed by atoms with Gasteiger partial charge in [0.25, 0.3) is 0 Å². The van der Waals surface area contributed by atoms with Crippen molar-refractivity contribution in [3.8, 4) is 0 Å². The Morgan fingerprint density at radius 1 is 1.43 bits per heavy atom. The van der Waals surface area contributed by atoms with Gasteiger partial charge in [-0.2, -0.15) is 0 Å². The number of carbonyl (C=O) groups is 1. The van der Waals surface area contributed by atoms with E-state index in [2.05, 4.69) is 36.5 Å². The number of nitrogens with zero attached hydrogens (tertiary/aromatic N) is 1. The predicted molar refractivity (Wildman–Crippen MR) is 90.3 cm³/mol. The van der Waals surface area contributed by atoms with Crippen LogP contribution in [0.15, 0.2) is 24.3 Å². The number of urea groups is 1. The number of ether oxygens (including phenoxy) is 1. The molecule has 1 aliphatic rings. The van der Waals surface area contributed by atoms with E-state index in [0.717, 1.165) is 19.4 Å². The smallest absolute Gasteiger partial charge is 0.317 e. The molecule has 0 bridgehead atoms. The fourth-order valence-corrected chi connectivity index (χ4v) is 3.01. The molecule has 1 heterocycles. The average Bonchev–Trinajstić information content (AvgIpc) is 2.53. The van der Waals surface area contributed by atoms with Gasteiger partial charge in [-0.3, -0.25) is 0 Å². The van der Waals surface area contributed by atoms with Crippen LogP contribution in [0, 0.1) is 12.8 Å². The largest absolute Gasteiger partial charge is 0.392 e. The number of aliphatic hydroxyl groups is 1. The van der Waals surface area contributed by atoms with Gasteiger partial charge in [-0.15, -0.1) is 0 Å². The number of likely N-dealkylation sites (N-methyl/N-ethyl adjacent to an activating group) is 1. The zero-order chi connectivity index (χ0) is 16.8. The van der Waals surface area contributed by atoms with Crippen LogP contribution in [0.2, 0.25) is 0 Å². The van der Waals surface area contributed by atoms with E-state index in [1.165, 1.54) is 16.0 Å². The first-order chi connectivity index (χ1) is 11.0. The van der Waals surface area contributed by atoms with Crippen LogP contribution in [0.4, 0.5) is 4.79 Å². The molecule has 2 rings (SSSR count). The van der Waals surface area contributed by atoms with Crippen molar-refractivity contribution in [1.82, 2.24) is 10.2 Å². The molecule has 1 aromatic carbocycles. The summed E-state index contributed by atoms with van der Waals surface area (Å²) in [5.41, 5.74) is 2.40. The van der Waals surface area contributed by atoms with E-state index in [1.54, 1.807) is 14.0 Å². The highest BCUT2D eigenvalue weighted by molar-refractivity contribution is 5.73. The SMILES string of the molecule is Cc1ccc(C2OCCCC2CNC(=O)N(C)CC(C)O)cc1. The first-order valence-corrected chi connectivity index (χ1v) is 8.32. The Labute approximate surface area is 138 Å². The summed E-state index contributed by atoms with van der Waals surface area (Å²) in [6.45, 7) is 5.42. The topological polar surface area (TPSA) is 61.8 Å². The van der Waals surface area contributed by atoms with Gasteiger partial charge in [0.2, 0.25) is 0 Å². The molecule has 2 N–H and O–H groups in total. The van der Waals surface area contributed by atoms with Gasteiger partial charge in [0, 0.05) is 32.7 Å². The summed E-state index contributed by atoms with van der Waals surface area (Å²) >= 11 is 0. The fraction of sp³-hybridized carbons (Fsp3) is 0.611. The maximum Gasteiger partial charge on any atom is 0.317 e. The molecule has 0 saturated carbocycles. The molecule has 23 heavy (non-hydrogen) atoms. The molecule has 3 atom stereocenters. The van der Waals surface area contributed by atoms with Crippen LogP contribution in [0.1, 0.15) is 37.0 Å². The van der Waals surface area contributed by atoms with Crippen LogP contribution in [-0.2, 0) is 4.74 Å². The maximum atomic E-state index is 12.1. The Hall–Kier alpha value is -1.59. The second-order valence-corrected chi connectivity index (χ2v) is 6.52. The molecule has 1 aliphatic heterocycles. The molecule has 0 aromatic heterocycles. The van der Waals surface area contributed by atoms with Gasteiger partial charge in [-0.1, -0.05) is 29.8 Å². The number of hydrogen-bond donors (Lipinski definition) is 2. The van der Waals surface area contributed by atoms with Crippen molar-refractivity contribution < 1.29 is 14.6 Å². The molecule has 128 valence electrons. The number of hydrogen-bond acceptors (Lipinski definition) is 3. The maximum absolute atomic E-state index is 12.1. The van der Waals surface area contributed by atoms with Gasteiger partial charge in [0.1, 0.15) is 0 Å². The summed E-state index contributed by atoms with van der Waals surface area (Å²) in [6.07, 6.45) is 1.57. The highest BCUT2D eigenvalue weighted by Gasteiger charge is 2.28. The third kappa shape index (κ3) is 5.22. The van der Waals surface area contributed by atoms with Crippen LogP contribution in [0.25, 0.3) is 0 Å². The number of amides is 2.